The van der Waals surface area contributed by atoms with Crippen LogP contribution >= 0.6 is 0 Å². The third-order valence-electron chi connectivity index (χ3n) is 6.00. The van der Waals surface area contributed by atoms with Crippen molar-refractivity contribution >= 4 is 11.8 Å². The summed E-state index contributed by atoms with van der Waals surface area (Å²) in [6.07, 6.45) is 7.93. The number of pyridine rings is 1. The second kappa shape index (κ2) is 13.4. The Kier molecular flexibility index (Phi) is 9.95. The quantitative estimate of drug-likeness (QED) is 0.455. The van der Waals surface area contributed by atoms with Gasteiger partial charge in [0.1, 0.15) is 0 Å². The molecule has 184 valence electrons. The molecular formula is C28H33N3O4. The molecule has 0 bridgehead atoms. The van der Waals surface area contributed by atoms with Crippen LogP contribution in [0.2, 0.25) is 0 Å². The van der Waals surface area contributed by atoms with Gasteiger partial charge in [0.2, 0.25) is 0 Å². The fourth-order valence-corrected chi connectivity index (χ4v) is 4.25. The van der Waals surface area contributed by atoms with Crippen molar-refractivity contribution < 1.29 is 19.4 Å². The fourth-order valence-electron chi connectivity index (χ4n) is 4.25. The van der Waals surface area contributed by atoms with Gasteiger partial charge in [-0.3, -0.25) is 14.6 Å². The Hall–Kier alpha value is -3.55. The van der Waals surface area contributed by atoms with E-state index in [1.165, 1.54) is 12.8 Å². The lowest BCUT2D eigenvalue weighted by atomic mass is 9.99. The Morgan fingerprint density at radius 3 is 2.43 bits per heavy atom. The van der Waals surface area contributed by atoms with Gasteiger partial charge < -0.3 is 20.5 Å². The molecule has 2 amide bonds. The molecule has 0 aliphatic heterocycles. The van der Waals surface area contributed by atoms with Crippen LogP contribution in [0.3, 0.4) is 0 Å². The first kappa shape index (κ1) is 26.1. The second-order valence-electron chi connectivity index (χ2n) is 8.38. The first-order valence-corrected chi connectivity index (χ1v) is 11.8. The van der Waals surface area contributed by atoms with Gasteiger partial charge in [-0.2, -0.15) is 0 Å². The number of hydrogen-bond donors (Lipinski definition) is 3. The number of aromatic nitrogens is 1. The molecule has 1 saturated carbocycles. The summed E-state index contributed by atoms with van der Waals surface area (Å²) in [4.78, 5) is 29.6. The van der Waals surface area contributed by atoms with Crippen LogP contribution in [0.25, 0.3) is 11.1 Å². The zero-order valence-corrected chi connectivity index (χ0v) is 20.3. The summed E-state index contributed by atoms with van der Waals surface area (Å²) >= 11 is 0. The molecule has 3 N–H and O–H groups in total. The van der Waals surface area contributed by atoms with Crippen molar-refractivity contribution in [3.63, 3.8) is 0 Å². The first-order valence-electron chi connectivity index (χ1n) is 11.8. The molecule has 7 nitrogen and oxygen atoms in total. The summed E-state index contributed by atoms with van der Waals surface area (Å²) in [6.45, 7) is 0.667. The van der Waals surface area contributed by atoms with E-state index in [9.17, 15) is 9.59 Å². The number of aliphatic hydroxyl groups excluding tert-OH is 1. The molecule has 0 atom stereocenters. The third kappa shape index (κ3) is 7.21. The van der Waals surface area contributed by atoms with E-state index in [1.807, 2.05) is 54.6 Å². The maximum absolute atomic E-state index is 13.0. The van der Waals surface area contributed by atoms with Crippen LogP contribution in [0.1, 0.15) is 57.5 Å². The highest BCUT2D eigenvalue weighted by Gasteiger charge is 2.18. The summed E-state index contributed by atoms with van der Waals surface area (Å²) in [6, 6.07) is 17.3. The van der Waals surface area contributed by atoms with E-state index < -0.39 is 0 Å². The van der Waals surface area contributed by atoms with Crippen molar-refractivity contribution in [1.82, 2.24) is 15.6 Å². The zero-order valence-electron chi connectivity index (χ0n) is 20.3. The molecular weight excluding hydrogens is 442 g/mol. The van der Waals surface area contributed by atoms with Crippen molar-refractivity contribution in [3.05, 3.63) is 89.2 Å². The van der Waals surface area contributed by atoms with Crippen LogP contribution < -0.4 is 10.6 Å². The number of ether oxygens (including phenoxy) is 1. The lowest BCUT2D eigenvalue weighted by Gasteiger charge is -2.14. The van der Waals surface area contributed by atoms with E-state index >= 15 is 0 Å². The number of benzene rings is 2. The molecule has 1 aliphatic carbocycles. The standard InChI is InChI=1S/C27H29N3O3.CH4O/c1-33-18-23-16-21(20-11-13-28-14-12-20)9-10-25(23)27(32)29-17-19-5-4-6-22(15-19)26(31)30-24-7-2-3-8-24;1-2/h4-6,9-16,24H,2-3,7-8,17-18H2,1H3,(H,29,32)(H,30,31);2H,1H3. The Balaban J connectivity index is 0.00000167. The first-order chi connectivity index (χ1) is 17.1. The topological polar surface area (TPSA) is 101 Å². The Bertz CT molecular complexity index is 1110. The molecule has 0 saturated heterocycles. The molecule has 4 rings (SSSR count). The zero-order chi connectivity index (χ0) is 25.0. The van der Waals surface area contributed by atoms with Crippen LogP contribution in [-0.2, 0) is 17.9 Å². The van der Waals surface area contributed by atoms with E-state index in [0.29, 0.717) is 24.3 Å². The SMILES string of the molecule is CO.COCc1cc(-c2ccncc2)ccc1C(=O)NCc1cccc(C(=O)NC2CCCC2)c1. The second-order valence-corrected chi connectivity index (χ2v) is 8.38. The minimum atomic E-state index is -0.177. The van der Waals surface area contributed by atoms with Gasteiger partial charge in [0.25, 0.3) is 11.8 Å². The summed E-state index contributed by atoms with van der Waals surface area (Å²) in [7, 11) is 2.61. The molecule has 0 radical (unpaired) electrons. The van der Waals surface area contributed by atoms with Crippen molar-refractivity contribution in [2.45, 2.75) is 44.9 Å². The van der Waals surface area contributed by atoms with E-state index in [2.05, 4.69) is 15.6 Å². The number of aliphatic hydroxyl groups is 1. The van der Waals surface area contributed by atoms with E-state index in [0.717, 1.165) is 42.2 Å². The van der Waals surface area contributed by atoms with Gasteiger partial charge >= 0.3 is 0 Å². The van der Waals surface area contributed by atoms with Crippen molar-refractivity contribution in [2.75, 3.05) is 14.2 Å². The number of nitrogens with zero attached hydrogens (tertiary/aromatic N) is 1. The predicted molar refractivity (Wildman–Crippen MR) is 136 cm³/mol. The van der Waals surface area contributed by atoms with Gasteiger partial charge in [0, 0.05) is 50.3 Å². The summed E-state index contributed by atoms with van der Waals surface area (Å²) in [5, 5.41) is 13.1. The van der Waals surface area contributed by atoms with Crippen LogP contribution in [0, 0.1) is 0 Å². The van der Waals surface area contributed by atoms with E-state index in [-0.39, 0.29) is 17.9 Å². The van der Waals surface area contributed by atoms with Crippen molar-refractivity contribution in [3.8, 4) is 11.1 Å². The van der Waals surface area contributed by atoms with Gasteiger partial charge in [-0.1, -0.05) is 31.0 Å². The minimum absolute atomic E-state index is 0.0517. The highest BCUT2D eigenvalue weighted by molar-refractivity contribution is 5.96. The van der Waals surface area contributed by atoms with E-state index in [1.54, 1.807) is 19.5 Å². The predicted octanol–water partition coefficient (Wildman–Crippen LogP) is 4.11. The van der Waals surface area contributed by atoms with Crippen molar-refractivity contribution in [1.29, 1.82) is 0 Å². The lowest BCUT2D eigenvalue weighted by Crippen LogP contribution is -2.32. The average Bonchev–Trinajstić information content (AvgIpc) is 3.42. The largest absolute Gasteiger partial charge is 0.400 e. The number of nitrogens with one attached hydrogen (secondary N) is 2. The molecule has 3 aromatic rings. The number of methoxy groups -OCH3 is 1. The Labute approximate surface area is 206 Å². The van der Waals surface area contributed by atoms with Gasteiger partial charge in [-0.25, -0.2) is 0 Å². The highest BCUT2D eigenvalue weighted by Crippen LogP contribution is 2.23. The Morgan fingerprint density at radius 1 is 0.971 bits per heavy atom. The van der Waals surface area contributed by atoms with Gasteiger partial charge in [0.15, 0.2) is 0 Å². The number of carbonyl (C=O) groups excluding carboxylic acids is 2. The van der Waals surface area contributed by atoms with Gasteiger partial charge in [0.05, 0.1) is 6.61 Å². The number of amides is 2. The smallest absolute Gasteiger partial charge is 0.251 e. The maximum atomic E-state index is 13.0. The molecule has 1 aromatic heterocycles. The molecule has 2 aromatic carbocycles. The number of carbonyl (C=O) groups is 2. The molecule has 35 heavy (non-hydrogen) atoms. The Morgan fingerprint density at radius 2 is 1.71 bits per heavy atom. The van der Waals surface area contributed by atoms with Crippen LogP contribution in [0.15, 0.2) is 67.0 Å². The number of rotatable bonds is 8. The summed E-state index contributed by atoms with van der Waals surface area (Å²) < 4.78 is 5.33. The molecule has 1 fully saturated rings. The monoisotopic (exact) mass is 475 g/mol. The summed E-state index contributed by atoms with van der Waals surface area (Å²) in [5.74, 6) is -0.228. The van der Waals surface area contributed by atoms with Crippen LogP contribution in [0.5, 0.6) is 0 Å². The highest BCUT2D eigenvalue weighted by atomic mass is 16.5. The summed E-state index contributed by atoms with van der Waals surface area (Å²) in [5.41, 5.74) is 4.92. The van der Waals surface area contributed by atoms with Gasteiger partial charge in [-0.15, -0.1) is 0 Å². The molecule has 0 spiro atoms. The molecule has 1 heterocycles. The third-order valence-corrected chi connectivity index (χ3v) is 6.00. The van der Waals surface area contributed by atoms with Crippen LogP contribution in [0.4, 0.5) is 0 Å². The average molecular weight is 476 g/mol. The lowest BCUT2D eigenvalue weighted by molar-refractivity contribution is 0.0934. The van der Waals surface area contributed by atoms with E-state index in [4.69, 9.17) is 9.84 Å². The van der Waals surface area contributed by atoms with Crippen LogP contribution in [-0.4, -0.2) is 42.2 Å². The molecule has 7 heteroatoms. The van der Waals surface area contributed by atoms with Crippen molar-refractivity contribution in [2.24, 2.45) is 0 Å². The number of hydrogen-bond acceptors (Lipinski definition) is 5. The normalized spacial score (nSPS) is 13.0. The maximum Gasteiger partial charge on any atom is 0.251 e. The van der Waals surface area contributed by atoms with Gasteiger partial charge in [-0.05, 0) is 71.5 Å². The molecule has 1 aliphatic rings. The molecule has 0 unspecified atom stereocenters. The minimum Gasteiger partial charge on any atom is -0.400 e. The fraction of sp³-hybridized carbons (Fsp3) is 0.321.